The monoisotopic (exact) mass is 302 g/mol. The average molecular weight is 302 g/mol. The van der Waals surface area contributed by atoms with Crippen LogP contribution in [0.25, 0.3) is 5.65 Å². The number of hydrogen-bond donors (Lipinski definition) is 1. The molecule has 0 bridgehead atoms. The summed E-state index contributed by atoms with van der Waals surface area (Å²) in [5.41, 5.74) is 2.36. The lowest BCUT2D eigenvalue weighted by Gasteiger charge is -2.10. The highest BCUT2D eigenvalue weighted by atomic mass is 19.1. The zero-order chi connectivity index (χ0) is 15.5. The first kappa shape index (κ1) is 14.4. The Kier molecular flexibility index (Phi) is 4.00. The average Bonchev–Trinajstić information content (AvgIpc) is 2.94. The van der Waals surface area contributed by atoms with Crippen molar-refractivity contribution in [2.75, 3.05) is 11.9 Å². The number of hydrogen-bond acceptors (Lipinski definition) is 3. The van der Waals surface area contributed by atoms with E-state index in [4.69, 9.17) is 0 Å². The Morgan fingerprint density at radius 1 is 1.14 bits per heavy atom. The Hall–Kier alpha value is -2.50. The van der Waals surface area contributed by atoms with Crippen molar-refractivity contribution in [1.29, 1.82) is 0 Å². The Bertz CT molecular complexity index is 778. The number of fused-ring (bicyclic) bond motifs is 1. The first-order valence-electron chi connectivity index (χ1n) is 7.18. The van der Waals surface area contributed by atoms with Crippen molar-refractivity contribution >= 4 is 11.5 Å². The molecule has 0 aliphatic carbocycles. The second-order valence-corrected chi connectivity index (χ2v) is 5.04. The van der Waals surface area contributed by atoms with E-state index in [0.29, 0.717) is 18.5 Å². The quantitative estimate of drug-likeness (QED) is 0.787. The number of aryl methyl sites for hydroxylation is 1. The van der Waals surface area contributed by atoms with Crippen LogP contribution in [0.1, 0.15) is 18.2 Å². The minimum absolute atomic E-state index is 0.515. The molecule has 2 aromatic heterocycles. The molecule has 6 heteroatoms. The van der Waals surface area contributed by atoms with E-state index in [9.17, 15) is 8.78 Å². The Morgan fingerprint density at radius 2 is 1.91 bits per heavy atom. The summed E-state index contributed by atoms with van der Waals surface area (Å²) in [5.74, 6) is -0.285. The van der Waals surface area contributed by atoms with Gasteiger partial charge in [-0.25, -0.2) is 13.8 Å². The summed E-state index contributed by atoms with van der Waals surface area (Å²) in [6, 6.07) is 7.34. The van der Waals surface area contributed by atoms with Crippen LogP contribution in [0.2, 0.25) is 0 Å². The van der Waals surface area contributed by atoms with Crippen LogP contribution < -0.4 is 5.32 Å². The molecule has 0 fully saturated rings. The zero-order valence-corrected chi connectivity index (χ0v) is 12.2. The molecule has 3 aromatic rings. The first-order chi connectivity index (χ1) is 10.7. The van der Waals surface area contributed by atoms with Gasteiger partial charge in [0, 0.05) is 30.4 Å². The minimum Gasteiger partial charge on any atom is -0.370 e. The van der Waals surface area contributed by atoms with Crippen LogP contribution in [0.4, 0.5) is 14.6 Å². The van der Waals surface area contributed by atoms with Gasteiger partial charge in [0.05, 0.1) is 6.20 Å². The standard InChI is InChI=1S/C16H16F2N4/c1-2-14-10-16(22-15(21-14)4-6-20-22)19-5-3-11-7-12(17)9-13(18)8-11/h4,6-10,19H,2-3,5H2,1H3. The van der Waals surface area contributed by atoms with Gasteiger partial charge in [-0.15, -0.1) is 0 Å². The maximum Gasteiger partial charge on any atom is 0.157 e. The molecule has 2 heterocycles. The van der Waals surface area contributed by atoms with Gasteiger partial charge >= 0.3 is 0 Å². The molecule has 0 aliphatic rings. The summed E-state index contributed by atoms with van der Waals surface area (Å²) >= 11 is 0. The van der Waals surface area contributed by atoms with Gasteiger partial charge in [0.25, 0.3) is 0 Å². The molecular formula is C16H16F2N4. The maximum absolute atomic E-state index is 13.2. The zero-order valence-electron chi connectivity index (χ0n) is 12.2. The lowest BCUT2D eigenvalue weighted by Crippen LogP contribution is -2.10. The molecule has 0 amide bonds. The van der Waals surface area contributed by atoms with E-state index in [2.05, 4.69) is 15.4 Å². The van der Waals surface area contributed by atoms with Gasteiger partial charge in [0.2, 0.25) is 0 Å². The van der Waals surface area contributed by atoms with Gasteiger partial charge in [0.15, 0.2) is 5.65 Å². The molecular weight excluding hydrogens is 286 g/mol. The highest BCUT2D eigenvalue weighted by Gasteiger charge is 2.06. The topological polar surface area (TPSA) is 42.2 Å². The van der Waals surface area contributed by atoms with Gasteiger partial charge < -0.3 is 5.32 Å². The summed E-state index contributed by atoms with van der Waals surface area (Å²) in [7, 11) is 0. The molecule has 3 rings (SSSR count). The van der Waals surface area contributed by atoms with Gasteiger partial charge in [-0.2, -0.15) is 9.61 Å². The third-order valence-corrected chi connectivity index (χ3v) is 3.42. The van der Waals surface area contributed by atoms with Crippen LogP contribution in [0.3, 0.4) is 0 Å². The van der Waals surface area contributed by atoms with Gasteiger partial charge in [-0.05, 0) is 30.5 Å². The Morgan fingerprint density at radius 3 is 2.64 bits per heavy atom. The van der Waals surface area contributed by atoms with Crippen molar-refractivity contribution in [2.45, 2.75) is 19.8 Å². The summed E-state index contributed by atoms with van der Waals surface area (Å²) < 4.78 is 28.0. The van der Waals surface area contributed by atoms with Crippen LogP contribution in [0.5, 0.6) is 0 Å². The number of nitrogens with zero attached hydrogens (tertiary/aromatic N) is 3. The molecule has 114 valence electrons. The van der Waals surface area contributed by atoms with Crippen molar-refractivity contribution in [1.82, 2.24) is 14.6 Å². The molecule has 0 saturated carbocycles. The summed E-state index contributed by atoms with van der Waals surface area (Å²) in [6.07, 6.45) is 3.03. The van der Waals surface area contributed by atoms with Crippen LogP contribution in [0.15, 0.2) is 36.5 Å². The van der Waals surface area contributed by atoms with E-state index in [-0.39, 0.29) is 0 Å². The number of anilines is 1. The highest BCUT2D eigenvalue weighted by molar-refractivity contribution is 5.49. The fraction of sp³-hybridized carbons (Fsp3) is 0.250. The first-order valence-corrected chi connectivity index (χ1v) is 7.18. The van der Waals surface area contributed by atoms with E-state index in [0.717, 1.165) is 29.6 Å². The van der Waals surface area contributed by atoms with E-state index in [1.54, 1.807) is 10.7 Å². The molecule has 0 unspecified atom stereocenters. The third-order valence-electron chi connectivity index (χ3n) is 3.42. The van der Waals surface area contributed by atoms with E-state index >= 15 is 0 Å². The molecule has 22 heavy (non-hydrogen) atoms. The molecule has 0 spiro atoms. The Labute approximate surface area is 126 Å². The number of rotatable bonds is 5. The van der Waals surface area contributed by atoms with Crippen molar-refractivity contribution in [3.63, 3.8) is 0 Å². The lowest BCUT2D eigenvalue weighted by molar-refractivity contribution is 0.580. The largest absolute Gasteiger partial charge is 0.370 e. The molecule has 1 aromatic carbocycles. The van der Waals surface area contributed by atoms with E-state index in [1.807, 2.05) is 19.1 Å². The number of halogens is 2. The molecule has 0 aliphatic heterocycles. The highest BCUT2D eigenvalue weighted by Crippen LogP contribution is 2.14. The van der Waals surface area contributed by atoms with E-state index in [1.165, 1.54) is 12.1 Å². The molecule has 1 N–H and O–H groups in total. The number of nitrogens with one attached hydrogen (secondary N) is 1. The van der Waals surface area contributed by atoms with Crippen molar-refractivity contribution in [3.05, 3.63) is 59.4 Å². The maximum atomic E-state index is 13.2. The van der Waals surface area contributed by atoms with Crippen LogP contribution >= 0.6 is 0 Å². The molecule has 4 nitrogen and oxygen atoms in total. The van der Waals surface area contributed by atoms with Gasteiger partial charge in [-0.1, -0.05) is 6.92 Å². The van der Waals surface area contributed by atoms with Gasteiger partial charge in [0.1, 0.15) is 17.5 Å². The molecule has 0 saturated heterocycles. The molecule has 0 radical (unpaired) electrons. The SMILES string of the molecule is CCc1cc(NCCc2cc(F)cc(F)c2)n2nccc2n1. The molecule has 0 atom stereocenters. The lowest BCUT2D eigenvalue weighted by atomic mass is 10.1. The number of aromatic nitrogens is 3. The van der Waals surface area contributed by atoms with Gasteiger partial charge in [-0.3, -0.25) is 0 Å². The minimum atomic E-state index is -0.554. The second-order valence-electron chi connectivity index (χ2n) is 5.04. The predicted octanol–water partition coefficient (Wildman–Crippen LogP) is 3.22. The van der Waals surface area contributed by atoms with E-state index < -0.39 is 11.6 Å². The fourth-order valence-corrected chi connectivity index (χ4v) is 2.36. The van der Waals surface area contributed by atoms with Crippen LogP contribution in [-0.2, 0) is 12.8 Å². The van der Waals surface area contributed by atoms with Crippen LogP contribution in [-0.4, -0.2) is 21.1 Å². The predicted molar refractivity (Wildman–Crippen MR) is 80.9 cm³/mol. The number of benzene rings is 1. The van der Waals surface area contributed by atoms with Crippen LogP contribution in [0, 0.1) is 11.6 Å². The Balaban J connectivity index is 1.74. The van der Waals surface area contributed by atoms with Crippen molar-refractivity contribution < 1.29 is 8.78 Å². The van der Waals surface area contributed by atoms with Crippen molar-refractivity contribution in [3.8, 4) is 0 Å². The second kappa shape index (κ2) is 6.09. The summed E-state index contributed by atoms with van der Waals surface area (Å²) in [5, 5.41) is 7.47. The third kappa shape index (κ3) is 3.05. The summed E-state index contributed by atoms with van der Waals surface area (Å²) in [6.45, 7) is 2.58. The smallest absolute Gasteiger partial charge is 0.157 e. The normalized spacial score (nSPS) is 11.0. The fourth-order valence-electron chi connectivity index (χ4n) is 2.36. The summed E-state index contributed by atoms with van der Waals surface area (Å²) in [4.78, 5) is 4.47. The van der Waals surface area contributed by atoms with Crippen molar-refractivity contribution in [2.24, 2.45) is 0 Å².